The lowest BCUT2D eigenvalue weighted by Gasteiger charge is -2.44. The zero-order valence-corrected chi connectivity index (χ0v) is 31.1. The van der Waals surface area contributed by atoms with E-state index >= 15 is 0 Å². The Bertz CT molecular complexity index is 2410. The number of nitrogens with two attached hydrogens (primary N) is 2. The molecule has 2 aliphatic heterocycles. The molecule has 23 heteroatoms. The molecule has 1 amide bonds. The van der Waals surface area contributed by atoms with Gasteiger partial charge in [0.2, 0.25) is 17.4 Å². The van der Waals surface area contributed by atoms with Crippen LogP contribution in [0.25, 0.3) is 0 Å². The molecule has 2 heterocycles. The Kier molecular flexibility index (Phi) is 12.0. The van der Waals surface area contributed by atoms with Crippen LogP contribution in [-0.2, 0) is 49.6 Å². The molecule has 0 aliphatic carbocycles. The normalized spacial score (nSPS) is 14.2. The van der Waals surface area contributed by atoms with Crippen molar-refractivity contribution in [2.24, 2.45) is 0 Å². The van der Waals surface area contributed by atoms with E-state index in [2.05, 4.69) is 4.74 Å². The predicted octanol–water partition coefficient (Wildman–Crippen LogP) is 3.05. The fraction of sp³-hybridized carbons (Fsp3) is 0.257. The smallest absolute Gasteiger partial charge is 0.313 e. The van der Waals surface area contributed by atoms with E-state index in [9.17, 15) is 53.1 Å². The predicted molar refractivity (Wildman–Crippen MR) is 185 cm³/mol. The SMILES string of the molecule is Nc1ccc2c(c1S(=O)(=O)[O-])Oc1c(ccc(N)c1S(=O)(=O)[O-])C21c2ccccc2C(=O)N1OCCOCCOCCOCCC(=O)Oc1c(F)c(F)cc(F)c1F. The van der Waals surface area contributed by atoms with E-state index in [4.69, 9.17) is 35.3 Å². The first kappa shape index (κ1) is 42.2. The molecule has 0 aromatic heterocycles. The number of nitrogens with zero attached hydrogens (tertiary/aromatic N) is 1. The van der Waals surface area contributed by atoms with Gasteiger partial charge in [-0.25, -0.2) is 25.6 Å². The third kappa shape index (κ3) is 7.77. The van der Waals surface area contributed by atoms with Gasteiger partial charge < -0.3 is 44.3 Å². The summed E-state index contributed by atoms with van der Waals surface area (Å²) in [5.74, 6) is -12.3. The van der Waals surface area contributed by atoms with E-state index in [1.165, 1.54) is 36.4 Å². The lowest BCUT2D eigenvalue weighted by atomic mass is 9.75. The van der Waals surface area contributed by atoms with Crippen molar-refractivity contribution in [1.82, 2.24) is 5.06 Å². The average Bonchev–Trinajstić information content (AvgIpc) is 3.39. The molecule has 4 aromatic rings. The van der Waals surface area contributed by atoms with Crippen LogP contribution in [0.3, 0.4) is 0 Å². The monoisotopic (exact) mass is 855 g/mol. The molecule has 0 fully saturated rings. The Balaban J connectivity index is 1.11. The molecule has 0 saturated carbocycles. The topological polar surface area (TPSA) is 259 Å². The molecule has 2 aliphatic rings. The first-order valence-corrected chi connectivity index (χ1v) is 19.5. The maximum absolute atomic E-state index is 14.1. The Morgan fingerprint density at radius 1 is 0.707 bits per heavy atom. The quantitative estimate of drug-likeness (QED) is 0.0312. The Hall–Kier alpha value is -5.40. The molecule has 0 radical (unpaired) electrons. The minimum Gasteiger partial charge on any atom is -0.744 e. The van der Waals surface area contributed by atoms with Crippen LogP contribution in [0.1, 0.15) is 33.5 Å². The number of hydroxylamine groups is 2. The third-order valence-corrected chi connectivity index (χ3v) is 10.6. The van der Waals surface area contributed by atoms with E-state index in [0.717, 1.165) is 17.2 Å². The number of fused-ring (bicyclic) bond motifs is 6. The van der Waals surface area contributed by atoms with Crippen molar-refractivity contribution >= 4 is 43.5 Å². The Morgan fingerprint density at radius 3 is 1.71 bits per heavy atom. The maximum atomic E-state index is 14.1. The summed E-state index contributed by atoms with van der Waals surface area (Å²) in [6, 6.07) is 10.6. The molecule has 0 bridgehead atoms. The van der Waals surface area contributed by atoms with Gasteiger partial charge in [0, 0.05) is 28.3 Å². The summed E-state index contributed by atoms with van der Waals surface area (Å²) in [6.45, 7) is -0.908. The van der Waals surface area contributed by atoms with Gasteiger partial charge in [0.05, 0.1) is 64.0 Å². The molecule has 17 nitrogen and oxygen atoms in total. The van der Waals surface area contributed by atoms with E-state index in [1.54, 1.807) is 0 Å². The van der Waals surface area contributed by atoms with Crippen molar-refractivity contribution in [1.29, 1.82) is 0 Å². The van der Waals surface area contributed by atoms with E-state index in [-0.39, 0.29) is 74.6 Å². The molecular weight excluding hydrogens is 827 g/mol. The number of carbonyl (C=O) groups is 2. The molecule has 0 saturated heterocycles. The highest BCUT2D eigenvalue weighted by atomic mass is 32.2. The highest BCUT2D eigenvalue weighted by molar-refractivity contribution is 7.86. The van der Waals surface area contributed by atoms with Crippen LogP contribution >= 0.6 is 0 Å². The zero-order valence-electron chi connectivity index (χ0n) is 29.5. The number of ether oxygens (including phenoxy) is 5. The molecule has 310 valence electrons. The number of rotatable bonds is 16. The van der Waals surface area contributed by atoms with Crippen LogP contribution < -0.4 is 20.9 Å². The molecule has 4 aromatic carbocycles. The number of hydrogen-bond acceptors (Lipinski definition) is 16. The van der Waals surface area contributed by atoms with Gasteiger partial charge in [-0.1, -0.05) is 18.2 Å². The minimum atomic E-state index is -5.45. The van der Waals surface area contributed by atoms with Crippen molar-refractivity contribution in [3.63, 3.8) is 0 Å². The molecule has 0 atom stereocenters. The van der Waals surface area contributed by atoms with E-state index < -0.39 is 106 Å². The number of hydrogen-bond donors (Lipinski definition) is 2. The molecule has 1 spiro atoms. The molecule has 0 unspecified atom stereocenters. The maximum Gasteiger partial charge on any atom is 0.313 e. The zero-order chi connectivity index (χ0) is 42.2. The first-order chi connectivity index (χ1) is 27.4. The number of benzene rings is 4. The van der Waals surface area contributed by atoms with E-state index in [1.807, 2.05) is 0 Å². The summed E-state index contributed by atoms with van der Waals surface area (Å²) in [4.78, 5) is 29.7. The van der Waals surface area contributed by atoms with Crippen LogP contribution in [0.5, 0.6) is 17.2 Å². The van der Waals surface area contributed by atoms with Gasteiger partial charge in [0.15, 0.2) is 28.7 Å². The summed E-state index contributed by atoms with van der Waals surface area (Å²) in [7, 11) is -10.9. The molecule has 4 N–H and O–H groups in total. The van der Waals surface area contributed by atoms with Crippen molar-refractivity contribution in [2.45, 2.75) is 21.8 Å². The third-order valence-electron chi connectivity index (χ3n) is 8.74. The van der Waals surface area contributed by atoms with Gasteiger partial charge in [0.25, 0.3) is 5.91 Å². The number of amides is 1. The standard InChI is InChI=1S/C35H31F4N3O14S2/c36-22-17-23(37)28(39)31(27(22)38)55-26(43)9-10-51-11-12-52-13-14-53-15-16-54-42-34(44)18-3-1-2-4-19(18)35(42)20-5-7-24(40)32(57(45,46)47)29(20)56-30-21(35)6-8-25(41)33(30)58(48,49)50/h1-8,17H,9-16,40-41H2,(H,45,46,47)(H,48,49,50)/p-2. The second-order valence-corrected chi connectivity index (χ2v) is 14.9. The van der Waals surface area contributed by atoms with Crippen LogP contribution in [0, 0.1) is 23.3 Å². The van der Waals surface area contributed by atoms with Gasteiger partial charge in [-0.3, -0.25) is 14.4 Å². The Labute approximate surface area is 326 Å². The van der Waals surface area contributed by atoms with Crippen LogP contribution in [-0.4, -0.2) is 89.1 Å². The van der Waals surface area contributed by atoms with Gasteiger partial charge >= 0.3 is 5.97 Å². The van der Waals surface area contributed by atoms with Gasteiger partial charge in [-0.15, -0.1) is 0 Å². The number of esters is 1. The highest BCUT2D eigenvalue weighted by Crippen LogP contribution is 2.60. The lowest BCUT2D eigenvalue weighted by Crippen LogP contribution is -2.48. The molecular formula is C35H29F4N3O14S2-2. The van der Waals surface area contributed by atoms with Crippen molar-refractivity contribution in [3.05, 3.63) is 100 Å². The van der Waals surface area contributed by atoms with Crippen molar-refractivity contribution < 1.29 is 81.6 Å². The summed E-state index contributed by atoms with van der Waals surface area (Å²) in [5.41, 5.74) is 8.37. The fourth-order valence-corrected chi connectivity index (χ4v) is 7.87. The summed E-state index contributed by atoms with van der Waals surface area (Å²) in [5, 5.41) is 0.822. The largest absolute Gasteiger partial charge is 0.744 e. The van der Waals surface area contributed by atoms with Crippen LogP contribution in [0.2, 0.25) is 0 Å². The minimum absolute atomic E-state index is 0.00557. The molecule has 58 heavy (non-hydrogen) atoms. The number of carbonyl (C=O) groups excluding carboxylic acids is 2. The second-order valence-electron chi connectivity index (χ2n) is 12.3. The second kappa shape index (κ2) is 16.5. The van der Waals surface area contributed by atoms with Crippen molar-refractivity contribution in [3.8, 4) is 17.2 Å². The van der Waals surface area contributed by atoms with Crippen LogP contribution in [0.4, 0.5) is 28.9 Å². The van der Waals surface area contributed by atoms with Gasteiger partial charge in [-0.05, 0) is 30.3 Å². The fourth-order valence-electron chi connectivity index (χ4n) is 6.40. The number of halogens is 4. The van der Waals surface area contributed by atoms with Crippen molar-refractivity contribution in [2.75, 3.05) is 57.7 Å². The summed E-state index contributed by atoms with van der Waals surface area (Å²) in [6.07, 6.45) is -0.518. The first-order valence-electron chi connectivity index (χ1n) is 16.7. The number of anilines is 2. The van der Waals surface area contributed by atoms with Gasteiger partial charge in [-0.2, -0.15) is 13.8 Å². The van der Waals surface area contributed by atoms with Gasteiger partial charge in [0.1, 0.15) is 30.0 Å². The lowest BCUT2D eigenvalue weighted by molar-refractivity contribution is -0.171. The number of nitrogen functional groups attached to an aromatic ring is 2. The van der Waals surface area contributed by atoms with E-state index in [0.29, 0.717) is 0 Å². The molecule has 6 rings (SSSR count). The summed E-state index contributed by atoms with van der Waals surface area (Å²) < 4.78 is 156. The average molecular weight is 856 g/mol. The van der Waals surface area contributed by atoms with Crippen LogP contribution in [0.15, 0.2) is 64.4 Å². The summed E-state index contributed by atoms with van der Waals surface area (Å²) >= 11 is 0. The Morgan fingerprint density at radius 2 is 1.19 bits per heavy atom. The highest BCUT2D eigenvalue weighted by Gasteiger charge is 2.59.